The lowest BCUT2D eigenvalue weighted by atomic mass is 10.3. The van der Waals surface area contributed by atoms with E-state index in [0.717, 1.165) is 6.08 Å². The molecule has 0 rings (SSSR count). The number of aliphatic carboxylic acids is 1. The smallest absolute Gasteiger partial charge is 0.327 e. The van der Waals surface area contributed by atoms with Gasteiger partial charge in [0.05, 0.1) is 0 Å². The molecule has 0 bridgehead atoms. The minimum absolute atomic E-state index is 0.00694. The molecular formula is C10H22O7. The highest BCUT2D eigenvalue weighted by Gasteiger charge is 2.14. The zero-order valence-corrected chi connectivity index (χ0v) is 10.4. The number of aliphatic hydroxyl groups is 3. The van der Waals surface area contributed by atoms with Gasteiger partial charge in [0, 0.05) is 26.7 Å². The van der Waals surface area contributed by atoms with Crippen LogP contribution in [0.25, 0.3) is 0 Å². The fourth-order valence-electron chi connectivity index (χ4n) is 0.453. The molecule has 0 saturated heterocycles. The van der Waals surface area contributed by atoms with Crippen LogP contribution in [0.4, 0.5) is 0 Å². The van der Waals surface area contributed by atoms with Gasteiger partial charge in [-0.05, 0) is 6.42 Å². The molecule has 0 aliphatic rings. The zero-order valence-electron chi connectivity index (χ0n) is 10.4. The second kappa shape index (κ2) is 15.0. The fourth-order valence-corrected chi connectivity index (χ4v) is 0.453. The summed E-state index contributed by atoms with van der Waals surface area (Å²) >= 11 is 0. The molecule has 0 amide bonds. The Kier molecular flexibility index (Phi) is 18.8. The molecule has 0 unspecified atom stereocenters. The van der Waals surface area contributed by atoms with Gasteiger partial charge in [0.1, 0.15) is 6.79 Å². The Bertz CT molecular complexity index is 172. The summed E-state index contributed by atoms with van der Waals surface area (Å²) in [4.78, 5) is 9.25. The van der Waals surface area contributed by atoms with Gasteiger partial charge in [-0.1, -0.05) is 13.5 Å². The van der Waals surface area contributed by atoms with Crippen LogP contribution in [0.2, 0.25) is 0 Å². The summed E-state index contributed by atoms with van der Waals surface area (Å²) in [6.45, 7) is 5.10. The van der Waals surface area contributed by atoms with Crippen LogP contribution >= 0.6 is 0 Å². The van der Waals surface area contributed by atoms with Crippen molar-refractivity contribution >= 4 is 5.97 Å². The highest BCUT2D eigenvalue weighted by atomic mass is 16.7. The fraction of sp³-hybridized carbons (Fsp3) is 0.700. The molecule has 0 fully saturated rings. The standard InChI is InChI=1S/C4H10O3.C3H8O2.C3H4O2/c1-2-3-4(5,6)7;1-4-3-5-2;1-2-3(4)5/h5-7H,2-3H2,1H3;3H2,1-2H3;2H,1H2,(H,4,5). The molecule has 104 valence electrons. The van der Waals surface area contributed by atoms with Crippen molar-refractivity contribution in [3.63, 3.8) is 0 Å². The lowest BCUT2D eigenvalue weighted by Crippen LogP contribution is -2.26. The van der Waals surface area contributed by atoms with Gasteiger partial charge in [0.15, 0.2) is 0 Å². The zero-order chi connectivity index (χ0) is 14.3. The Labute approximate surface area is 101 Å². The van der Waals surface area contributed by atoms with E-state index in [4.69, 9.17) is 20.4 Å². The molecular weight excluding hydrogens is 232 g/mol. The van der Waals surface area contributed by atoms with Gasteiger partial charge in [-0.15, -0.1) is 0 Å². The predicted molar refractivity (Wildman–Crippen MR) is 61.0 cm³/mol. The van der Waals surface area contributed by atoms with Gasteiger partial charge in [0.2, 0.25) is 0 Å². The van der Waals surface area contributed by atoms with Crippen molar-refractivity contribution in [2.45, 2.75) is 25.7 Å². The van der Waals surface area contributed by atoms with Crippen LogP contribution in [0.3, 0.4) is 0 Å². The number of carbonyl (C=O) groups is 1. The molecule has 0 aromatic carbocycles. The topological polar surface area (TPSA) is 116 Å². The summed E-state index contributed by atoms with van der Waals surface area (Å²) in [5.74, 6) is -3.43. The van der Waals surface area contributed by atoms with Crippen molar-refractivity contribution < 1.29 is 34.7 Å². The number of methoxy groups -OCH3 is 2. The Balaban J connectivity index is -0.000000177. The number of hydrogen-bond donors (Lipinski definition) is 4. The van der Waals surface area contributed by atoms with E-state index in [2.05, 4.69) is 16.1 Å². The summed E-state index contributed by atoms with van der Waals surface area (Å²) < 4.78 is 8.94. The van der Waals surface area contributed by atoms with Crippen LogP contribution in [-0.4, -0.2) is 53.4 Å². The second-order valence-electron chi connectivity index (χ2n) is 2.76. The average Bonchev–Trinajstić information content (AvgIpc) is 2.19. The van der Waals surface area contributed by atoms with Gasteiger partial charge in [-0.2, -0.15) is 0 Å². The van der Waals surface area contributed by atoms with Gasteiger partial charge in [-0.3, -0.25) is 0 Å². The number of rotatable bonds is 5. The Morgan fingerprint density at radius 3 is 1.65 bits per heavy atom. The van der Waals surface area contributed by atoms with Gasteiger partial charge in [-0.25, -0.2) is 4.79 Å². The summed E-state index contributed by atoms with van der Waals surface area (Å²) in [6, 6.07) is 0. The van der Waals surface area contributed by atoms with E-state index in [9.17, 15) is 4.79 Å². The maximum Gasteiger partial charge on any atom is 0.327 e. The molecule has 0 aliphatic carbocycles. The van der Waals surface area contributed by atoms with Crippen molar-refractivity contribution in [3.8, 4) is 0 Å². The van der Waals surface area contributed by atoms with E-state index in [0.29, 0.717) is 13.2 Å². The highest BCUT2D eigenvalue weighted by molar-refractivity contribution is 5.78. The molecule has 0 radical (unpaired) electrons. The van der Waals surface area contributed by atoms with Crippen LogP contribution in [0.5, 0.6) is 0 Å². The normalized spacial score (nSPS) is 9.29. The first-order chi connectivity index (χ1) is 7.74. The maximum atomic E-state index is 9.25. The van der Waals surface area contributed by atoms with Crippen molar-refractivity contribution in [1.29, 1.82) is 0 Å². The van der Waals surface area contributed by atoms with Crippen molar-refractivity contribution in [2.75, 3.05) is 21.0 Å². The minimum atomic E-state index is -2.45. The monoisotopic (exact) mass is 254 g/mol. The number of hydrogen-bond acceptors (Lipinski definition) is 6. The summed E-state index contributed by atoms with van der Waals surface area (Å²) in [6.07, 6.45) is 1.40. The van der Waals surface area contributed by atoms with Crippen molar-refractivity contribution in [1.82, 2.24) is 0 Å². The van der Waals surface area contributed by atoms with Crippen molar-refractivity contribution in [3.05, 3.63) is 12.7 Å². The summed E-state index contributed by atoms with van der Waals surface area (Å²) in [5.41, 5.74) is 0. The first-order valence-corrected chi connectivity index (χ1v) is 4.75. The van der Waals surface area contributed by atoms with Gasteiger partial charge in [0.25, 0.3) is 5.97 Å². The predicted octanol–water partition coefficient (Wildman–Crippen LogP) is -0.0891. The largest absolute Gasteiger partial charge is 0.478 e. The molecule has 0 saturated carbocycles. The van der Waals surface area contributed by atoms with Gasteiger partial charge < -0.3 is 29.9 Å². The van der Waals surface area contributed by atoms with Crippen LogP contribution < -0.4 is 0 Å². The Morgan fingerprint density at radius 1 is 1.29 bits per heavy atom. The van der Waals surface area contributed by atoms with E-state index in [1.165, 1.54) is 0 Å². The minimum Gasteiger partial charge on any atom is -0.478 e. The van der Waals surface area contributed by atoms with Crippen LogP contribution in [0, 0.1) is 0 Å². The van der Waals surface area contributed by atoms with E-state index >= 15 is 0 Å². The second-order valence-corrected chi connectivity index (χ2v) is 2.76. The van der Waals surface area contributed by atoms with Crippen molar-refractivity contribution in [2.24, 2.45) is 0 Å². The molecule has 0 aromatic rings. The van der Waals surface area contributed by atoms with Crippen LogP contribution in [0.1, 0.15) is 19.8 Å². The molecule has 0 aromatic heterocycles. The van der Waals surface area contributed by atoms with Crippen LogP contribution in [-0.2, 0) is 14.3 Å². The maximum absolute atomic E-state index is 9.25. The molecule has 7 heteroatoms. The van der Waals surface area contributed by atoms with Crippen LogP contribution in [0.15, 0.2) is 12.7 Å². The Hall–Kier alpha value is -0.990. The van der Waals surface area contributed by atoms with E-state index in [1.54, 1.807) is 21.1 Å². The third-order valence-corrected chi connectivity index (χ3v) is 0.996. The number of carboxylic acids is 1. The first kappa shape index (κ1) is 21.3. The molecule has 7 nitrogen and oxygen atoms in total. The molecule has 0 heterocycles. The summed E-state index contributed by atoms with van der Waals surface area (Å²) in [5, 5.41) is 32.0. The highest BCUT2D eigenvalue weighted by Crippen LogP contribution is 2.01. The lowest BCUT2D eigenvalue weighted by Gasteiger charge is -2.10. The van der Waals surface area contributed by atoms with E-state index < -0.39 is 11.9 Å². The van der Waals surface area contributed by atoms with Gasteiger partial charge >= 0.3 is 5.97 Å². The Morgan fingerprint density at radius 2 is 1.65 bits per heavy atom. The summed E-state index contributed by atoms with van der Waals surface area (Å²) in [7, 11) is 3.17. The SMILES string of the molecule is C=CC(=O)O.CCCC(O)(O)O.COCOC. The third-order valence-electron chi connectivity index (χ3n) is 0.996. The average molecular weight is 254 g/mol. The molecule has 4 N–H and O–H groups in total. The first-order valence-electron chi connectivity index (χ1n) is 4.75. The molecule has 0 spiro atoms. The number of carboxylic acid groups (broad SMARTS) is 1. The quantitative estimate of drug-likeness (QED) is 0.400. The van der Waals surface area contributed by atoms with E-state index in [-0.39, 0.29) is 6.42 Å². The molecule has 0 aliphatic heterocycles. The molecule has 0 atom stereocenters. The number of ether oxygens (including phenoxy) is 2. The van der Waals surface area contributed by atoms with E-state index in [1.807, 2.05) is 0 Å². The third kappa shape index (κ3) is 51.7. The molecule has 17 heavy (non-hydrogen) atoms. The lowest BCUT2D eigenvalue weighted by molar-refractivity contribution is -0.314.